The van der Waals surface area contributed by atoms with Crippen molar-refractivity contribution in [2.24, 2.45) is 0 Å². The molecule has 0 saturated heterocycles. The molecule has 0 aliphatic rings. The lowest BCUT2D eigenvalue weighted by Gasteiger charge is -2.19. The number of rotatable bonds is 6. The van der Waals surface area contributed by atoms with Gasteiger partial charge in [-0.2, -0.15) is 10.2 Å². The van der Waals surface area contributed by atoms with Gasteiger partial charge in [0.1, 0.15) is 5.69 Å². The summed E-state index contributed by atoms with van der Waals surface area (Å²) in [6, 6.07) is 5.52. The zero-order chi connectivity index (χ0) is 16.9. The van der Waals surface area contributed by atoms with Gasteiger partial charge in [0, 0.05) is 38.1 Å². The molecule has 0 saturated carbocycles. The van der Waals surface area contributed by atoms with E-state index in [0.717, 1.165) is 5.69 Å². The van der Waals surface area contributed by atoms with Crippen LogP contribution in [0.25, 0.3) is 5.69 Å². The van der Waals surface area contributed by atoms with Crippen LogP contribution < -0.4 is 4.90 Å². The highest BCUT2D eigenvalue weighted by molar-refractivity contribution is 6.32. The van der Waals surface area contributed by atoms with E-state index in [0.29, 0.717) is 25.2 Å². The molecular weight excluding hydrogens is 328 g/mol. The molecule has 0 atom stereocenters. The van der Waals surface area contributed by atoms with Crippen molar-refractivity contribution in [1.82, 2.24) is 24.5 Å². The van der Waals surface area contributed by atoms with Crippen LogP contribution in [0.2, 0.25) is 5.15 Å². The number of hydrogen-bond acceptors (Lipinski definition) is 4. The number of aromatic nitrogens is 5. The van der Waals surface area contributed by atoms with Crippen LogP contribution in [0.3, 0.4) is 0 Å². The summed E-state index contributed by atoms with van der Waals surface area (Å²) in [6.07, 6.45) is 8.97. The number of amides is 1. The van der Waals surface area contributed by atoms with E-state index in [1.165, 1.54) is 0 Å². The number of anilines is 1. The van der Waals surface area contributed by atoms with Crippen molar-refractivity contribution in [3.63, 3.8) is 0 Å². The monoisotopic (exact) mass is 344 g/mol. The number of carbonyl (C=O) groups excluding carboxylic acids is 1. The van der Waals surface area contributed by atoms with Crippen molar-refractivity contribution in [1.29, 1.82) is 0 Å². The second kappa shape index (κ2) is 7.27. The molecule has 24 heavy (non-hydrogen) atoms. The molecule has 3 rings (SSSR count). The Morgan fingerprint density at radius 2 is 2.21 bits per heavy atom. The minimum Gasteiger partial charge on any atom is -0.308 e. The Morgan fingerprint density at radius 1 is 1.33 bits per heavy atom. The molecule has 0 spiro atoms. The van der Waals surface area contributed by atoms with Crippen molar-refractivity contribution in [2.45, 2.75) is 19.9 Å². The van der Waals surface area contributed by atoms with Gasteiger partial charge < -0.3 is 4.90 Å². The van der Waals surface area contributed by atoms with Gasteiger partial charge in [-0.3, -0.25) is 14.5 Å². The maximum Gasteiger partial charge on any atom is 0.228 e. The summed E-state index contributed by atoms with van der Waals surface area (Å²) in [4.78, 5) is 18.2. The van der Waals surface area contributed by atoms with Crippen molar-refractivity contribution >= 4 is 23.2 Å². The first kappa shape index (κ1) is 16.2. The fraction of sp³-hybridized carbons (Fsp3) is 0.250. The highest BCUT2D eigenvalue weighted by Crippen LogP contribution is 2.26. The SMILES string of the molecule is CCN(C(=O)CCn1cccn1)c1cn(-c2cccnc2)nc1Cl. The summed E-state index contributed by atoms with van der Waals surface area (Å²) in [5.74, 6) is -0.0272. The maximum absolute atomic E-state index is 12.5. The molecule has 8 heteroatoms. The highest BCUT2D eigenvalue weighted by atomic mass is 35.5. The van der Waals surface area contributed by atoms with Crippen molar-refractivity contribution in [2.75, 3.05) is 11.4 Å². The second-order valence-corrected chi connectivity index (χ2v) is 5.48. The molecule has 7 nitrogen and oxygen atoms in total. The molecule has 3 heterocycles. The minimum atomic E-state index is -0.0272. The van der Waals surface area contributed by atoms with Crippen LogP contribution in [0, 0.1) is 0 Å². The van der Waals surface area contributed by atoms with Gasteiger partial charge >= 0.3 is 0 Å². The molecular formula is C16H17ClN6O. The number of hydrogen-bond donors (Lipinski definition) is 0. The summed E-state index contributed by atoms with van der Waals surface area (Å²) in [5.41, 5.74) is 1.37. The highest BCUT2D eigenvalue weighted by Gasteiger charge is 2.20. The lowest BCUT2D eigenvalue weighted by Crippen LogP contribution is -2.31. The Balaban J connectivity index is 1.77. The third-order valence-electron chi connectivity index (χ3n) is 3.58. The summed E-state index contributed by atoms with van der Waals surface area (Å²) >= 11 is 6.25. The molecule has 0 aromatic carbocycles. The van der Waals surface area contributed by atoms with Gasteiger partial charge in [-0.15, -0.1) is 0 Å². The van der Waals surface area contributed by atoms with E-state index in [4.69, 9.17) is 11.6 Å². The van der Waals surface area contributed by atoms with Crippen LogP contribution in [-0.2, 0) is 11.3 Å². The Labute approximate surface area is 144 Å². The van der Waals surface area contributed by atoms with E-state index in [2.05, 4.69) is 15.2 Å². The molecule has 0 N–H and O–H groups in total. The summed E-state index contributed by atoms with van der Waals surface area (Å²) < 4.78 is 3.35. The molecule has 0 fully saturated rings. The fourth-order valence-electron chi connectivity index (χ4n) is 2.41. The van der Waals surface area contributed by atoms with Gasteiger partial charge in [-0.05, 0) is 25.1 Å². The van der Waals surface area contributed by atoms with Crippen LogP contribution in [-0.4, -0.2) is 37.0 Å². The van der Waals surface area contributed by atoms with Crippen molar-refractivity contribution < 1.29 is 4.79 Å². The standard InChI is InChI=1S/C16H17ClN6O/c1-2-22(15(24)6-10-21-9-4-8-19-21)14-12-23(20-16(14)17)13-5-3-7-18-11-13/h3-5,7-9,11-12H,2,6,10H2,1H3. The van der Waals surface area contributed by atoms with Gasteiger partial charge in [0.15, 0.2) is 5.15 Å². The van der Waals surface area contributed by atoms with Gasteiger partial charge in [-0.1, -0.05) is 11.6 Å². The molecule has 0 radical (unpaired) electrons. The lowest BCUT2D eigenvalue weighted by molar-refractivity contribution is -0.118. The smallest absolute Gasteiger partial charge is 0.228 e. The van der Waals surface area contributed by atoms with E-state index in [1.807, 2.05) is 31.3 Å². The number of pyridine rings is 1. The molecule has 0 unspecified atom stereocenters. The fourth-order valence-corrected chi connectivity index (χ4v) is 2.64. The largest absolute Gasteiger partial charge is 0.308 e. The first-order chi connectivity index (χ1) is 11.7. The van der Waals surface area contributed by atoms with Gasteiger partial charge in [0.05, 0.1) is 18.1 Å². The van der Waals surface area contributed by atoms with E-state index < -0.39 is 0 Å². The molecule has 3 aromatic heterocycles. The minimum absolute atomic E-state index is 0.0272. The number of aryl methyl sites for hydroxylation is 1. The molecule has 0 bridgehead atoms. The maximum atomic E-state index is 12.5. The average Bonchev–Trinajstić information content (AvgIpc) is 3.25. The predicted molar refractivity (Wildman–Crippen MR) is 91.2 cm³/mol. The van der Waals surface area contributed by atoms with Gasteiger partial charge in [0.2, 0.25) is 5.91 Å². The second-order valence-electron chi connectivity index (χ2n) is 5.12. The molecule has 1 amide bonds. The average molecular weight is 345 g/mol. The van der Waals surface area contributed by atoms with E-state index in [-0.39, 0.29) is 11.1 Å². The van der Waals surface area contributed by atoms with Crippen LogP contribution in [0.1, 0.15) is 13.3 Å². The number of carbonyl (C=O) groups is 1. The van der Waals surface area contributed by atoms with Crippen LogP contribution in [0.4, 0.5) is 5.69 Å². The van der Waals surface area contributed by atoms with E-state index in [1.54, 1.807) is 39.1 Å². The van der Waals surface area contributed by atoms with E-state index >= 15 is 0 Å². The van der Waals surface area contributed by atoms with Crippen LogP contribution >= 0.6 is 11.6 Å². The quantitative estimate of drug-likeness (QED) is 0.689. The van der Waals surface area contributed by atoms with Crippen LogP contribution in [0.5, 0.6) is 0 Å². The number of halogens is 1. The lowest BCUT2D eigenvalue weighted by atomic mass is 10.3. The van der Waals surface area contributed by atoms with Gasteiger partial charge in [0.25, 0.3) is 0 Å². The number of nitrogens with zero attached hydrogens (tertiary/aromatic N) is 6. The first-order valence-electron chi connectivity index (χ1n) is 7.62. The zero-order valence-corrected chi connectivity index (χ0v) is 14.0. The van der Waals surface area contributed by atoms with Crippen molar-refractivity contribution in [3.8, 4) is 5.69 Å². The Hall–Kier alpha value is -2.67. The third kappa shape index (κ3) is 3.46. The molecule has 0 aliphatic carbocycles. The Bertz CT molecular complexity index is 799. The zero-order valence-electron chi connectivity index (χ0n) is 13.2. The normalized spacial score (nSPS) is 10.8. The van der Waals surface area contributed by atoms with Crippen LogP contribution in [0.15, 0.2) is 49.2 Å². The van der Waals surface area contributed by atoms with Crippen molar-refractivity contribution in [3.05, 3.63) is 54.3 Å². The topological polar surface area (TPSA) is 68.8 Å². The summed E-state index contributed by atoms with van der Waals surface area (Å²) in [5, 5.41) is 8.66. The van der Waals surface area contributed by atoms with Gasteiger partial charge in [-0.25, -0.2) is 4.68 Å². The Morgan fingerprint density at radius 3 is 2.88 bits per heavy atom. The molecule has 3 aromatic rings. The predicted octanol–water partition coefficient (Wildman–Crippen LogP) is 2.56. The third-order valence-corrected chi connectivity index (χ3v) is 3.85. The Kier molecular flexibility index (Phi) is 4.90. The molecule has 0 aliphatic heterocycles. The first-order valence-corrected chi connectivity index (χ1v) is 8.00. The molecule has 124 valence electrons. The summed E-state index contributed by atoms with van der Waals surface area (Å²) in [6.45, 7) is 2.94. The summed E-state index contributed by atoms with van der Waals surface area (Å²) in [7, 11) is 0. The van der Waals surface area contributed by atoms with E-state index in [9.17, 15) is 4.79 Å².